The number of oxime groups is 1. The molecule has 2 aromatic carbocycles. The molecule has 0 spiro atoms. The third kappa shape index (κ3) is 5.48. The van der Waals surface area contributed by atoms with Crippen LogP contribution >= 0.6 is 23.2 Å². The van der Waals surface area contributed by atoms with Gasteiger partial charge in [-0.25, -0.2) is 4.39 Å². The predicted octanol–water partition coefficient (Wildman–Crippen LogP) is 4.53. The molecule has 9 heteroatoms. The lowest BCUT2D eigenvalue weighted by molar-refractivity contribution is -0.126. The van der Waals surface area contributed by atoms with Gasteiger partial charge in [0, 0.05) is 11.3 Å². The number of rotatable bonds is 7. The summed E-state index contributed by atoms with van der Waals surface area (Å²) < 4.78 is 23.5. The van der Waals surface area contributed by atoms with Crippen molar-refractivity contribution in [2.24, 2.45) is 5.16 Å². The van der Waals surface area contributed by atoms with Gasteiger partial charge in [0.25, 0.3) is 5.91 Å². The fourth-order valence-electron chi connectivity index (χ4n) is 2.06. The Morgan fingerprint density at radius 2 is 1.93 bits per heavy atom. The van der Waals surface area contributed by atoms with E-state index in [0.29, 0.717) is 27.8 Å². The molecule has 0 aliphatic heterocycles. The third-order valence-corrected chi connectivity index (χ3v) is 4.00. The Hall–Kier alpha value is -2.51. The van der Waals surface area contributed by atoms with E-state index in [1.54, 1.807) is 12.1 Å². The van der Waals surface area contributed by atoms with Gasteiger partial charge in [-0.1, -0.05) is 28.4 Å². The fraction of sp³-hybridized carbons (Fsp3) is 0.222. The van der Waals surface area contributed by atoms with Gasteiger partial charge in [0.15, 0.2) is 11.5 Å². The summed E-state index contributed by atoms with van der Waals surface area (Å²) in [6.07, 6.45) is 0.479. The van der Waals surface area contributed by atoms with Crippen molar-refractivity contribution in [1.29, 1.82) is 0 Å². The third-order valence-electron chi connectivity index (χ3n) is 3.43. The number of methoxy groups -OCH3 is 2. The van der Waals surface area contributed by atoms with Crippen LogP contribution in [0.25, 0.3) is 0 Å². The zero-order chi connectivity index (χ0) is 20.0. The Bertz CT molecular complexity index is 861. The van der Waals surface area contributed by atoms with Crippen LogP contribution in [-0.2, 0) is 9.63 Å². The number of hydrogen-bond donors (Lipinski definition) is 1. The number of amides is 1. The molecule has 1 amide bonds. The Morgan fingerprint density at radius 1 is 1.19 bits per heavy atom. The average Bonchev–Trinajstić information content (AvgIpc) is 2.64. The lowest BCUT2D eigenvalue weighted by atomic mass is 10.2. The number of nitrogens with zero attached hydrogens (tertiary/aromatic N) is 1. The number of nitrogens with one attached hydrogen (secondary N) is 1. The van der Waals surface area contributed by atoms with Crippen LogP contribution < -0.4 is 14.8 Å². The van der Waals surface area contributed by atoms with Crippen LogP contribution in [0.15, 0.2) is 35.5 Å². The molecular weight excluding hydrogens is 398 g/mol. The maximum absolute atomic E-state index is 13.1. The highest BCUT2D eigenvalue weighted by molar-refractivity contribution is 6.32. The molecule has 27 heavy (non-hydrogen) atoms. The predicted molar refractivity (Wildman–Crippen MR) is 103 cm³/mol. The maximum atomic E-state index is 13.1. The van der Waals surface area contributed by atoms with Gasteiger partial charge < -0.3 is 19.6 Å². The van der Waals surface area contributed by atoms with E-state index in [9.17, 15) is 9.18 Å². The smallest absolute Gasteiger partial charge is 0.267 e. The molecule has 1 atom stereocenters. The van der Waals surface area contributed by atoms with Crippen LogP contribution in [0.2, 0.25) is 10.0 Å². The van der Waals surface area contributed by atoms with E-state index in [0.717, 1.165) is 6.07 Å². The van der Waals surface area contributed by atoms with E-state index in [1.165, 1.54) is 39.5 Å². The van der Waals surface area contributed by atoms with Crippen molar-refractivity contribution < 1.29 is 23.5 Å². The minimum absolute atomic E-state index is 0.0928. The van der Waals surface area contributed by atoms with E-state index >= 15 is 0 Å². The van der Waals surface area contributed by atoms with E-state index in [4.69, 9.17) is 37.5 Å². The standard InChI is InChI=1S/C18H17Cl2FN2O4/c1-10(18(24)23-12-4-5-15(21)13(19)8-12)27-22-9-11-6-14(20)17(26-3)16(7-11)25-2/h4-10H,1-3H3,(H,23,24)/b22-9+. The lowest BCUT2D eigenvalue weighted by Crippen LogP contribution is -2.26. The first-order valence-electron chi connectivity index (χ1n) is 7.72. The van der Waals surface area contributed by atoms with E-state index in [-0.39, 0.29) is 5.02 Å². The van der Waals surface area contributed by atoms with Gasteiger partial charge in [-0.15, -0.1) is 0 Å². The van der Waals surface area contributed by atoms with Crippen molar-refractivity contribution in [3.05, 3.63) is 51.8 Å². The second kappa shape index (κ2) is 9.43. The molecule has 144 valence electrons. The normalized spacial score (nSPS) is 11.9. The first-order valence-corrected chi connectivity index (χ1v) is 8.48. The topological polar surface area (TPSA) is 69.2 Å². The van der Waals surface area contributed by atoms with Crippen molar-refractivity contribution in [3.8, 4) is 11.5 Å². The summed E-state index contributed by atoms with van der Waals surface area (Å²) in [6, 6.07) is 7.11. The number of halogens is 3. The quantitative estimate of drug-likeness (QED) is 0.533. The summed E-state index contributed by atoms with van der Waals surface area (Å²) >= 11 is 11.8. The molecule has 1 N–H and O–H groups in total. The molecule has 1 unspecified atom stereocenters. The van der Waals surface area contributed by atoms with Crippen molar-refractivity contribution >= 4 is 41.0 Å². The lowest BCUT2D eigenvalue weighted by Gasteiger charge is -2.11. The molecule has 0 heterocycles. The highest BCUT2D eigenvalue weighted by atomic mass is 35.5. The molecule has 0 bridgehead atoms. The summed E-state index contributed by atoms with van der Waals surface area (Å²) in [5, 5.41) is 6.59. The summed E-state index contributed by atoms with van der Waals surface area (Å²) in [6.45, 7) is 1.51. The molecule has 0 radical (unpaired) electrons. The van der Waals surface area contributed by atoms with Crippen LogP contribution in [-0.4, -0.2) is 32.4 Å². The van der Waals surface area contributed by atoms with Gasteiger partial charge in [-0.3, -0.25) is 4.79 Å². The molecule has 0 aliphatic carbocycles. The molecule has 6 nitrogen and oxygen atoms in total. The van der Waals surface area contributed by atoms with Crippen molar-refractivity contribution in [2.75, 3.05) is 19.5 Å². The Labute approximate surface area is 165 Å². The molecule has 0 fully saturated rings. The first-order chi connectivity index (χ1) is 12.8. The Kier molecular flexibility index (Phi) is 7.27. The average molecular weight is 415 g/mol. The molecule has 0 saturated carbocycles. The molecule has 2 rings (SSSR count). The van der Waals surface area contributed by atoms with Crippen LogP contribution in [0, 0.1) is 5.82 Å². The number of carbonyl (C=O) groups excluding carboxylic acids is 1. The molecule has 0 aliphatic rings. The zero-order valence-electron chi connectivity index (χ0n) is 14.8. The highest BCUT2D eigenvalue weighted by Gasteiger charge is 2.15. The first kappa shape index (κ1) is 20.8. The largest absolute Gasteiger partial charge is 0.493 e. The van der Waals surface area contributed by atoms with Crippen LogP contribution in [0.1, 0.15) is 12.5 Å². The Morgan fingerprint density at radius 3 is 2.56 bits per heavy atom. The minimum atomic E-state index is -0.902. The summed E-state index contributed by atoms with van der Waals surface area (Å²) in [4.78, 5) is 17.2. The number of hydrogen-bond acceptors (Lipinski definition) is 5. The van der Waals surface area contributed by atoms with E-state index < -0.39 is 17.8 Å². The van der Waals surface area contributed by atoms with Gasteiger partial charge in [0.05, 0.1) is 30.5 Å². The summed E-state index contributed by atoms with van der Waals surface area (Å²) in [7, 11) is 2.97. The number of benzene rings is 2. The van der Waals surface area contributed by atoms with Crippen LogP contribution in [0.4, 0.5) is 10.1 Å². The van der Waals surface area contributed by atoms with Crippen LogP contribution in [0.3, 0.4) is 0 Å². The molecule has 0 saturated heterocycles. The number of ether oxygens (including phenoxy) is 2. The monoisotopic (exact) mass is 414 g/mol. The molecule has 2 aromatic rings. The maximum Gasteiger partial charge on any atom is 0.267 e. The fourth-order valence-corrected chi connectivity index (χ4v) is 2.54. The van der Waals surface area contributed by atoms with Crippen molar-refractivity contribution in [2.45, 2.75) is 13.0 Å². The zero-order valence-corrected chi connectivity index (χ0v) is 16.3. The van der Waals surface area contributed by atoms with Gasteiger partial charge in [0.2, 0.25) is 6.10 Å². The molecule has 0 aromatic heterocycles. The van der Waals surface area contributed by atoms with Crippen molar-refractivity contribution in [3.63, 3.8) is 0 Å². The number of anilines is 1. The Balaban J connectivity index is 1.99. The second-order valence-electron chi connectivity index (χ2n) is 5.34. The van der Waals surface area contributed by atoms with Crippen LogP contribution in [0.5, 0.6) is 11.5 Å². The summed E-state index contributed by atoms with van der Waals surface area (Å²) in [5.74, 6) is -0.203. The van der Waals surface area contributed by atoms with E-state index in [1.807, 2.05) is 0 Å². The van der Waals surface area contributed by atoms with E-state index in [2.05, 4.69) is 10.5 Å². The molecular formula is C18H17Cl2FN2O4. The number of carbonyl (C=O) groups is 1. The SMILES string of the molecule is COc1cc(/C=N/OC(C)C(=O)Nc2ccc(F)c(Cl)c2)cc(Cl)c1OC. The second-order valence-corrected chi connectivity index (χ2v) is 6.15. The minimum Gasteiger partial charge on any atom is -0.493 e. The highest BCUT2D eigenvalue weighted by Crippen LogP contribution is 2.35. The van der Waals surface area contributed by atoms with Gasteiger partial charge in [-0.2, -0.15) is 0 Å². The summed E-state index contributed by atoms with van der Waals surface area (Å²) in [5.41, 5.74) is 0.938. The van der Waals surface area contributed by atoms with Gasteiger partial charge in [-0.05, 0) is 37.3 Å². The van der Waals surface area contributed by atoms with Gasteiger partial charge in [0.1, 0.15) is 5.82 Å². The van der Waals surface area contributed by atoms with Gasteiger partial charge >= 0.3 is 0 Å². The van der Waals surface area contributed by atoms with Crippen molar-refractivity contribution in [1.82, 2.24) is 0 Å².